The van der Waals surface area contributed by atoms with Crippen molar-refractivity contribution >= 4 is 17.8 Å². The van der Waals surface area contributed by atoms with Gasteiger partial charge in [-0.25, -0.2) is 5.43 Å². The van der Waals surface area contributed by atoms with E-state index >= 15 is 0 Å². The molecule has 1 N–H and O–H groups in total. The first-order valence-electron chi connectivity index (χ1n) is 8.75. The van der Waals surface area contributed by atoms with Crippen LogP contribution in [0.3, 0.4) is 0 Å². The van der Waals surface area contributed by atoms with Gasteiger partial charge < -0.3 is 9.64 Å². The SMILES string of the molecule is C=CCOc1cccc(/C=N\NC(=O)CN2CCCc3ccccc32)c1. The molecule has 5 heteroatoms. The van der Waals surface area contributed by atoms with Crippen LogP contribution >= 0.6 is 0 Å². The van der Waals surface area contributed by atoms with Crippen LogP contribution in [0.25, 0.3) is 0 Å². The normalized spacial score (nSPS) is 13.3. The van der Waals surface area contributed by atoms with Crippen LogP contribution in [0.1, 0.15) is 17.5 Å². The van der Waals surface area contributed by atoms with Crippen molar-refractivity contribution in [2.45, 2.75) is 12.8 Å². The van der Waals surface area contributed by atoms with E-state index in [1.54, 1.807) is 12.3 Å². The van der Waals surface area contributed by atoms with Crippen LogP contribution in [0, 0.1) is 0 Å². The molecule has 0 saturated heterocycles. The Morgan fingerprint density at radius 3 is 3.04 bits per heavy atom. The van der Waals surface area contributed by atoms with Crippen molar-refractivity contribution in [3.63, 3.8) is 0 Å². The molecule has 2 aromatic rings. The van der Waals surface area contributed by atoms with Gasteiger partial charge in [0.05, 0.1) is 12.8 Å². The number of rotatable bonds is 7. The Balaban J connectivity index is 1.55. The van der Waals surface area contributed by atoms with Gasteiger partial charge in [0.2, 0.25) is 0 Å². The maximum Gasteiger partial charge on any atom is 0.259 e. The van der Waals surface area contributed by atoms with Crippen molar-refractivity contribution in [1.29, 1.82) is 0 Å². The van der Waals surface area contributed by atoms with Gasteiger partial charge in [-0.1, -0.05) is 43.0 Å². The number of nitrogens with zero attached hydrogens (tertiary/aromatic N) is 2. The molecular weight excluding hydrogens is 326 g/mol. The molecular formula is C21H23N3O2. The van der Waals surface area contributed by atoms with Crippen LogP contribution in [0.4, 0.5) is 5.69 Å². The summed E-state index contributed by atoms with van der Waals surface area (Å²) in [5.74, 6) is 0.613. The summed E-state index contributed by atoms with van der Waals surface area (Å²) in [6.07, 6.45) is 5.43. The van der Waals surface area contributed by atoms with E-state index in [9.17, 15) is 4.79 Å². The highest BCUT2D eigenvalue weighted by molar-refractivity contribution is 5.85. The number of benzene rings is 2. The number of aryl methyl sites for hydroxylation is 1. The summed E-state index contributed by atoms with van der Waals surface area (Å²) in [6.45, 7) is 5.27. The summed E-state index contributed by atoms with van der Waals surface area (Å²) in [7, 11) is 0. The molecule has 0 spiro atoms. The summed E-state index contributed by atoms with van der Waals surface area (Å²) in [5.41, 5.74) is 5.90. The van der Waals surface area contributed by atoms with E-state index in [0.29, 0.717) is 13.2 Å². The highest BCUT2D eigenvalue weighted by Crippen LogP contribution is 2.26. The summed E-state index contributed by atoms with van der Waals surface area (Å²) in [4.78, 5) is 14.3. The molecule has 1 heterocycles. The molecule has 5 nitrogen and oxygen atoms in total. The maximum absolute atomic E-state index is 12.2. The third-order valence-corrected chi connectivity index (χ3v) is 4.17. The minimum atomic E-state index is -0.128. The van der Waals surface area contributed by atoms with E-state index in [0.717, 1.165) is 36.4 Å². The number of nitrogens with one attached hydrogen (secondary N) is 1. The molecule has 0 fully saturated rings. The van der Waals surface area contributed by atoms with E-state index in [-0.39, 0.29) is 5.91 Å². The van der Waals surface area contributed by atoms with E-state index in [1.165, 1.54) is 5.56 Å². The van der Waals surface area contributed by atoms with Gasteiger partial charge in [-0.3, -0.25) is 4.79 Å². The van der Waals surface area contributed by atoms with Crippen molar-refractivity contribution < 1.29 is 9.53 Å². The topological polar surface area (TPSA) is 53.9 Å². The van der Waals surface area contributed by atoms with Gasteiger partial charge in [-0.05, 0) is 42.2 Å². The number of hydrogen-bond acceptors (Lipinski definition) is 4. The van der Waals surface area contributed by atoms with Crippen molar-refractivity contribution in [2.24, 2.45) is 5.10 Å². The summed E-state index contributed by atoms with van der Waals surface area (Å²) < 4.78 is 5.48. The molecule has 0 aliphatic carbocycles. The Hall–Kier alpha value is -3.08. The average molecular weight is 349 g/mol. The lowest BCUT2D eigenvalue weighted by molar-refractivity contribution is -0.119. The van der Waals surface area contributed by atoms with Crippen LogP contribution in [0.5, 0.6) is 5.75 Å². The van der Waals surface area contributed by atoms with E-state index in [4.69, 9.17) is 4.74 Å². The Kier molecular flexibility index (Phi) is 6.04. The molecule has 0 bridgehead atoms. The number of para-hydroxylation sites is 1. The van der Waals surface area contributed by atoms with Crippen LogP contribution in [0.2, 0.25) is 0 Å². The second-order valence-corrected chi connectivity index (χ2v) is 6.12. The molecule has 0 atom stereocenters. The molecule has 0 aromatic heterocycles. The summed E-state index contributed by atoms with van der Waals surface area (Å²) in [5, 5.41) is 4.06. The summed E-state index contributed by atoms with van der Waals surface area (Å²) >= 11 is 0. The Morgan fingerprint density at radius 2 is 2.15 bits per heavy atom. The fourth-order valence-electron chi connectivity index (χ4n) is 3.00. The number of carbonyl (C=O) groups is 1. The third kappa shape index (κ3) is 4.72. The third-order valence-electron chi connectivity index (χ3n) is 4.17. The zero-order chi connectivity index (χ0) is 18.2. The fraction of sp³-hybridized carbons (Fsp3) is 0.238. The molecule has 134 valence electrons. The van der Waals surface area contributed by atoms with Crippen LogP contribution in [0.15, 0.2) is 66.3 Å². The number of hydrazone groups is 1. The zero-order valence-electron chi connectivity index (χ0n) is 14.7. The number of amides is 1. The van der Waals surface area contributed by atoms with Crippen LogP contribution in [-0.2, 0) is 11.2 Å². The lowest BCUT2D eigenvalue weighted by Crippen LogP contribution is -2.38. The van der Waals surface area contributed by atoms with Gasteiger partial charge in [0.25, 0.3) is 5.91 Å². The standard InChI is InChI=1S/C21H23N3O2/c1-2-13-26-19-10-5-7-17(14-19)15-22-23-21(25)16-24-12-6-9-18-8-3-4-11-20(18)24/h2-5,7-8,10-11,14-15H,1,6,9,12-13,16H2,(H,23,25)/b22-15-. The van der Waals surface area contributed by atoms with Crippen molar-refractivity contribution in [1.82, 2.24) is 5.43 Å². The molecule has 0 radical (unpaired) electrons. The van der Waals surface area contributed by atoms with E-state index < -0.39 is 0 Å². The van der Waals surface area contributed by atoms with Gasteiger partial charge in [-0.15, -0.1) is 0 Å². The molecule has 3 rings (SSSR count). The second kappa shape index (κ2) is 8.85. The lowest BCUT2D eigenvalue weighted by atomic mass is 10.0. The molecule has 0 saturated carbocycles. The van der Waals surface area contributed by atoms with Crippen molar-refractivity contribution in [3.05, 3.63) is 72.3 Å². The maximum atomic E-state index is 12.2. The smallest absolute Gasteiger partial charge is 0.259 e. The monoisotopic (exact) mass is 349 g/mol. The number of carbonyl (C=O) groups excluding carboxylic acids is 1. The van der Waals surface area contributed by atoms with Gasteiger partial charge in [-0.2, -0.15) is 5.10 Å². The minimum absolute atomic E-state index is 0.128. The van der Waals surface area contributed by atoms with Gasteiger partial charge in [0.1, 0.15) is 12.4 Å². The lowest BCUT2D eigenvalue weighted by Gasteiger charge is -2.30. The number of hydrogen-bond donors (Lipinski definition) is 1. The molecule has 1 amide bonds. The predicted octanol–water partition coefficient (Wildman–Crippen LogP) is 3.15. The first-order valence-corrected chi connectivity index (χ1v) is 8.75. The number of fused-ring (bicyclic) bond motifs is 1. The highest BCUT2D eigenvalue weighted by Gasteiger charge is 2.18. The first kappa shape index (κ1) is 17.7. The largest absolute Gasteiger partial charge is 0.490 e. The minimum Gasteiger partial charge on any atom is -0.490 e. The zero-order valence-corrected chi connectivity index (χ0v) is 14.7. The fourth-order valence-corrected chi connectivity index (χ4v) is 3.00. The molecule has 1 aliphatic heterocycles. The quantitative estimate of drug-likeness (QED) is 0.475. The number of anilines is 1. The summed E-state index contributed by atoms with van der Waals surface area (Å²) in [6, 6.07) is 15.8. The van der Waals surface area contributed by atoms with Crippen LogP contribution in [-0.4, -0.2) is 31.8 Å². The first-order chi connectivity index (χ1) is 12.8. The predicted molar refractivity (Wildman–Crippen MR) is 105 cm³/mol. The van der Waals surface area contributed by atoms with Gasteiger partial charge >= 0.3 is 0 Å². The molecule has 2 aromatic carbocycles. The van der Waals surface area contributed by atoms with Crippen molar-refractivity contribution in [3.8, 4) is 5.75 Å². The molecule has 0 unspecified atom stereocenters. The van der Waals surface area contributed by atoms with Crippen molar-refractivity contribution in [2.75, 3.05) is 24.6 Å². The Bertz CT molecular complexity index is 801. The van der Waals surface area contributed by atoms with Gasteiger partial charge in [0.15, 0.2) is 0 Å². The highest BCUT2D eigenvalue weighted by atomic mass is 16.5. The number of ether oxygens (including phenoxy) is 1. The van der Waals surface area contributed by atoms with E-state index in [2.05, 4.69) is 34.1 Å². The molecule has 1 aliphatic rings. The van der Waals surface area contributed by atoms with Gasteiger partial charge in [0, 0.05) is 12.2 Å². The Labute approximate surface area is 154 Å². The Morgan fingerprint density at radius 1 is 1.27 bits per heavy atom. The van der Waals surface area contributed by atoms with Crippen LogP contribution < -0.4 is 15.1 Å². The van der Waals surface area contributed by atoms with E-state index in [1.807, 2.05) is 36.4 Å². The second-order valence-electron chi connectivity index (χ2n) is 6.12. The average Bonchev–Trinajstić information content (AvgIpc) is 2.67. The molecule has 26 heavy (non-hydrogen) atoms.